The van der Waals surface area contributed by atoms with Crippen LogP contribution in [0.4, 0.5) is 0 Å². The summed E-state index contributed by atoms with van der Waals surface area (Å²) >= 11 is 4.84. The number of hydrogen-bond acceptors (Lipinski definition) is 4. The molecule has 0 aliphatic carbocycles. The first-order valence-electron chi connectivity index (χ1n) is 4.48. The van der Waals surface area contributed by atoms with E-state index < -0.39 is 6.10 Å². The lowest BCUT2D eigenvalue weighted by Crippen LogP contribution is -2.14. The molecule has 3 nitrogen and oxygen atoms in total. The Labute approximate surface area is 101 Å². The molecule has 1 atom stereocenters. The third kappa shape index (κ3) is 4.12. The molecule has 0 aliphatic rings. The van der Waals surface area contributed by atoms with Gasteiger partial charge < -0.3 is 15.3 Å². The molecular formula is C10H13BrO3S. The van der Waals surface area contributed by atoms with E-state index in [2.05, 4.69) is 15.9 Å². The van der Waals surface area contributed by atoms with Gasteiger partial charge in [0, 0.05) is 15.1 Å². The van der Waals surface area contributed by atoms with Crippen LogP contribution in [0.5, 0.6) is 0 Å². The van der Waals surface area contributed by atoms with E-state index in [4.69, 9.17) is 10.2 Å². The Bertz CT molecular complexity index is 320. The van der Waals surface area contributed by atoms with Gasteiger partial charge in [-0.15, -0.1) is 11.8 Å². The molecule has 5 heteroatoms. The second kappa shape index (κ2) is 6.50. The molecule has 0 radical (unpaired) electrons. The van der Waals surface area contributed by atoms with Crippen molar-refractivity contribution in [2.45, 2.75) is 17.6 Å². The molecule has 0 spiro atoms. The van der Waals surface area contributed by atoms with E-state index in [1.54, 1.807) is 0 Å². The van der Waals surface area contributed by atoms with Gasteiger partial charge in [-0.2, -0.15) is 0 Å². The number of halogens is 1. The second-order valence-corrected chi connectivity index (χ2v) is 4.99. The summed E-state index contributed by atoms with van der Waals surface area (Å²) in [6.45, 7) is -0.206. The van der Waals surface area contributed by atoms with Crippen LogP contribution in [0.25, 0.3) is 0 Å². The molecule has 0 amide bonds. The van der Waals surface area contributed by atoms with Crippen molar-refractivity contribution in [3.63, 3.8) is 0 Å². The summed E-state index contributed by atoms with van der Waals surface area (Å²) in [5.74, 6) is 0.452. The summed E-state index contributed by atoms with van der Waals surface area (Å²) < 4.78 is 0.893. The lowest BCUT2D eigenvalue weighted by atomic mass is 10.2. The van der Waals surface area contributed by atoms with Crippen LogP contribution in [-0.4, -0.2) is 33.8 Å². The van der Waals surface area contributed by atoms with Crippen LogP contribution in [0.15, 0.2) is 27.6 Å². The minimum Gasteiger partial charge on any atom is -0.394 e. The number of aliphatic hydroxyl groups is 3. The van der Waals surface area contributed by atoms with Crippen LogP contribution in [0.1, 0.15) is 5.56 Å². The van der Waals surface area contributed by atoms with Crippen molar-refractivity contribution in [3.05, 3.63) is 28.2 Å². The predicted octanol–water partition coefficient (Wildman–Crippen LogP) is 1.39. The van der Waals surface area contributed by atoms with Crippen molar-refractivity contribution in [2.24, 2.45) is 0 Å². The largest absolute Gasteiger partial charge is 0.394 e. The van der Waals surface area contributed by atoms with Crippen molar-refractivity contribution < 1.29 is 15.3 Å². The van der Waals surface area contributed by atoms with Gasteiger partial charge in [0.2, 0.25) is 0 Å². The highest BCUT2D eigenvalue weighted by atomic mass is 79.9. The molecule has 0 saturated carbocycles. The van der Waals surface area contributed by atoms with Crippen molar-refractivity contribution in [1.82, 2.24) is 0 Å². The fourth-order valence-corrected chi connectivity index (χ4v) is 2.61. The van der Waals surface area contributed by atoms with Crippen molar-refractivity contribution in [3.8, 4) is 0 Å². The monoisotopic (exact) mass is 292 g/mol. The fraction of sp³-hybridized carbons (Fsp3) is 0.400. The summed E-state index contributed by atoms with van der Waals surface area (Å²) in [5.41, 5.74) is 0.842. The van der Waals surface area contributed by atoms with Gasteiger partial charge in [-0.25, -0.2) is 0 Å². The zero-order chi connectivity index (χ0) is 11.3. The Hall–Kier alpha value is -0.0700. The maximum atomic E-state index is 9.18. The Morgan fingerprint density at radius 3 is 2.60 bits per heavy atom. The van der Waals surface area contributed by atoms with E-state index in [0.29, 0.717) is 5.75 Å². The number of hydrogen-bond donors (Lipinski definition) is 3. The molecule has 15 heavy (non-hydrogen) atoms. The molecule has 0 aliphatic heterocycles. The highest BCUT2D eigenvalue weighted by Crippen LogP contribution is 2.28. The van der Waals surface area contributed by atoms with Gasteiger partial charge in [0.15, 0.2) is 0 Å². The predicted molar refractivity (Wildman–Crippen MR) is 63.9 cm³/mol. The highest BCUT2D eigenvalue weighted by molar-refractivity contribution is 9.10. The number of rotatable bonds is 5. The maximum absolute atomic E-state index is 9.18. The Morgan fingerprint density at radius 2 is 2.07 bits per heavy atom. The molecule has 3 N–H and O–H groups in total. The zero-order valence-corrected chi connectivity index (χ0v) is 10.5. The quantitative estimate of drug-likeness (QED) is 0.718. The van der Waals surface area contributed by atoms with Crippen molar-refractivity contribution in [2.75, 3.05) is 12.4 Å². The Morgan fingerprint density at radius 1 is 1.33 bits per heavy atom. The van der Waals surface area contributed by atoms with Gasteiger partial charge >= 0.3 is 0 Å². The van der Waals surface area contributed by atoms with E-state index >= 15 is 0 Å². The van der Waals surface area contributed by atoms with Crippen LogP contribution >= 0.6 is 27.7 Å². The molecule has 1 unspecified atom stereocenters. The first-order valence-corrected chi connectivity index (χ1v) is 6.26. The van der Waals surface area contributed by atoms with Gasteiger partial charge in [0.25, 0.3) is 0 Å². The topological polar surface area (TPSA) is 60.7 Å². The average molecular weight is 293 g/mol. The molecule has 1 rings (SSSR count). The lowest BCUT2D eigenvalue weighted by Gasteiger charge is -2.08. The molecule has 0 aromatic heterocycles. The molecule has 0 saturated heterocycles. The Kier molecular flexibility index (Phi) is 5.63. The zero-order valence-electron chi connectivity index (χ0n) is 8.06. The van der Waals surface area contributed by atoms with Crippen molar-refractivity contribution >= 4 is 27.7 Å². The standard InChI is InChI=1S/C10H13BrO3S/c11-9-3-7(4-12)1-2-10(9)15-6-8(14)5-13/h1-3,8,12-14H,4-6H2. The molecule has 0 fully saturated rings. The number of benzene rings is 1. The SMILES string of the molecule is OCc1ccc(SCC(O)CO)c(Br)c1. The number of aliphatic hydroxyl groups excluding tert-OH is 3. The molecule has 0 heterocycles. The first-order chi connectivity index (χ1) is 7.17. The van der Waals surface area contributed by atoms with Gasteiger partial charge in [0.1, 0.15) is 0 Å². The van der Waals surface area contributed by atoms with Crippen LogP contribution in [0, 0.1) is 0 Å². The summed E-state index contributed by atoms with van der Waals surface area (Å²) in [6.07, 6.45) is -0.695. The third-order valence-corrected chi connectivity index (χ3v) is 3.96. The van der Waals surface area contributed by atoms with Crippen LogP contribution in [0.3, 0.4) is 0 Å². The summed E-state index contributed by atoms with van der Waals surface area (Å²) in [7, 11) is 0. The van der Waals surface area contributed by atoms with E-state index in [0.717, 1.165) is 14.9 Å². The van der Waals surface area contributed by atoms with Crippen LogP contribution < -0.4 is 0 Å². The highest BCUT2D eigenvalue weighted by Gasteiger charge is 2.06. The van der Waals surface area contributed by atoms with Crippen LogP contribution in [0.2, 0.25) is 0 Å². The smallest absolute Gasteiger partial charge is 0.0864 e. The van der Waals surface area contributed by atoms with E-state index in [1.807, 2.05) is 18.2 Å². The van der Waals surface area contributed by atoms with Crippen LogP contribution in [-0.2, 0) is 6.61 Å². The van der Waals surface area contributed by atoms with Gasteiger partial charge in [0.05, 0.1) is 19.3 Å². The van der Waals surface area contributed by atoms with Gasteiger partial charge in [-0.1, -0.05) is 6.07 Å². The summed E-state index contributed by atoms with van der Waals surface area (Å²) in [6, 6.07) is 5.55. The van der Waals surface area contributed by atoms with E-state index in [9.17, 15) is 5.11 Å². The lowest BCUT2D eigenvalue weighted by molar-refractivity contribution is 0.113. The maximum Gasteiger partial charge on any atom is 0.0864 e. The van der Waals surface area contributed by atoms with Gasteiger partial charge in [-0.05, 0) is 33.6 Å². The average Bonchev–Trinajstić information content (AvgIpc) is 2.26. The first kappa shape index (κ1) is 13.0. The van der Waals surface area contributed by atoms with Crippen molar-refractivity contribution in [1.29, 1.82) is 0 Å². The van der Waals surface area contributed by atoms with Gasteiger partial charge in [-0.3, -0.25) is 0 Å². The Balaban J connectivity index is 2.62. The minimum atomic E-state index is -0.695. The summed E-state index contributed by atoms with van der Waals surface area (Å²) in [4.78, 5) is 0.986. The van der Waals surface area contributed by atoms with E-state index in [-0.39, 0.29) is 13.2 Å². The third-order valence-electron chi connectivity index (χ3n) is 1.82. The molecule has 0 bridgehead atoms. The molecule has 1 aromatic carbocycles. The van der Waals surface area contributed by atoms with E-state index in [1.165, 1.54) is 11.8 Å². The fourth-order valence-electron chi connectivity index (χ4n) is 0.998. The molecule has 1 aromatic rings. The molecular weight excluding hydrogens is 280 g/mol. The number of thioether (sulfide) groups is 1. The minimum absolute atomic E-state index is 0.0167. The molecule has 84 valence electrons. The normalized spacial score (nSPS) is 12.8. The summed E-state index contributed by atoms with van der Waals surface area (Å²) in [5, 5.41) is 26.7. The second-order valence-electron chi connectivity index (χ2n) is 3.07.